The molecule has 6 heteroatoms. The van der Waals surface area contributed by atoms with Crippen molar-refractivity contribution in [1.29, 1.82) is 5.41 Å². The van der Waals surface area contributed by atoms with Gasteiger partial charge in [0, 0.05) is 10.2 Å². The first-order valence-corrected chi connectivity index (χ1v) is 5.91. The Bertz CT molecular complexity index is 370. The summed E-state index contributed by atoms with van der Waals surface area (Å²) in [6.07, 6.45) is 0. The van der Waals surface area contributed by atoms with Crippen LogP contribution in [0.2, 0.25) is 0 Å². The van der Waals surface area contributed by atoms with Gasteiger partial charge in [0.15, 0.2) is 11.1 Å². The fourth-order valence-corrected chi connectivity index (χ4v) is 1.81. The minimum Gasteiger partial charge on any atom is -0.370 e. The molecule has 0 bridgehead atoms. The molecule has 0 aromatic heterocycles. The Morgan fingerprint density at radius 2 is 1.93 bits per heavy atom. The number of nitrogens with zero attached hydrogens (tertiary/aromatic N) is 1. The second-order valence-corrected chi connectivity index (χ2v) is 4.64. The second kappa shape index (κ2) is 5.77. The summed E-state index contributed by atoms with van der Waals surface area (Å²) in [5.74, 6) is 0.603. The van der Waals surface area contributed by atoms with Crippen LogP contribution in [0.4, 0.5) is 0 Å². The Kier molecular flexibility index (Phi) is 4.64. The van der Waals surface area contributed by atoms with Crippen LogP contribution in [0.25, 0.3) is 0 Å². The third-order valence-electron chi connectivity index (χ3n) is 1.52. The molecule has 0 saturated carbocycles. The van der Waals surface area contributed by atoms with E-state index in [1.165, 1.54) is 11.8 Å². The number of hydrogen-bond donors (Lipinski definition) is 3. The summed E-state index contributed by atoms with van der Waals surface area (Å²) in [6, 6.07) is 7.89. The van der Waals surface area contributed by atoms with Crippen molar-refractivity contribution in [1.82, 2.24) is 0 Å². The fourth-order valence-electron chi connectivity index (χ4n) is 0.882. The molecule has 0 aliphatic heterocycles. The lowest BCUT2D eigenvalue weighted by Crippen LogP contribution is -2.23. The maximum atomic E-state index is 7.42. The SMILES string of the molecule is N=C(N=C(N)N)SCc1ccc(Br)cc1. The summed E-state index contributed by atoms with van der Waals surface area (Å²) in [7, 11) is 0. The van der Waals surface area contributed by atoms with Gasteiger partial charge in [-0.3, -0.25) is 5.41 Å². The van der Waals surface area contributed by atoms with Crippen LogP contribution in [0.3, 0.4) is 0 Å². The number of thioether (sulfide) groups is 1. The number of nitrogens with two attached hydrogens (primary N) is 2. The number of nitrogens with one attached hydrogen (secondary N) is 1. The van der Waals surface area contributed by atoms with E-state index < -0.39 is 0 Å². The largest absolute Gasteiger partial charge is 0.370 e. The molecule has 5 N–H and O–H groups in total. The first-order valence-electron chi connectivity index (χ1n) is 4.13. The number of rotatable bonds is 2. The van der Waals surface area contributed by atoms with Crippen molar-refractivity contribution in [2.75, 3.05) is 0 Å². The molecule has 15 heavy (non-hydrogen) atoms. The molecule has 1 rings (SSSR count). The molecule has 0 amide bonds. The van der Waals surface area contributed by atoms with E-state index >= 15 is 0 Å². The predicted molar refractivity (Wildman–Crippen MR) is 69.0 cm³/mol. The quantitative estimate of drug-likeness (QED) is 0.573. The van der Waals surface area contributed by atoms with Crippen LogP contribution in [0, 0.1) is 5.41 Å². The van der Waals surface area contributed by atoms with Crippen molar-refractivity contribution < 1.29 is 0 Å². The van der Waals surface area contributed by atoms with Gasteiger partial charge < -0.3 is 11.5 Å². The van der Waals surface area contributed by atoms with Gasteiger partial charge in [-0.05, 0) is 17.7 Å². The molecule has 1 aromatic carbocycles. The lowest BCUT2D eigenvalue weighted by Gasteiger charge is -2.00. The van der Waals surface area contributed by atoms with Gasteiger partial charge in [0.25, 0.3) is 0 Å². The standard InChI is InChI=1S/C9H11BrN4S/c10-7-3-1-6(2-4-7)5-15-9(13)14-8(11)12/h1-4H,5H2,(H5,11,12,13,14). The van der Waals surface area contributed by atoms with E-state index in [2.05, 4.69) is 20.9 Å². The number of hydrogen-bond acceptors (Lipinski definition) is 2. The van der Waals surface area contributed by atoms with E-state index in [1.54, 1.807) is 0 Å². The van der Waals surface area contributed by atoms with Crippen molar-refractivity contribution in [2.24, 2.45) is 16.5 Å². The van der Waals surface area contributed by atoms with Crippen LogP contribution >= 0.6 is 27.7 Å². The first-order chi connectivity index (χ1) is 7.08. The minimum atomic E-state index is -0.0803. The second-order valence-electron chi connectivity index (χ2n) is 2.76. The predicted octanol–water partition coefficient (Wildman–Crippen LogP) is 1.89. The number of guanidine groups is 1. The highest BCUT2D eigenvalue weighted by molar-refractivity contribution is 9.10. The molecule has 0 fully saturated rings. The zero-order valence-electron chi connectivity index (χ0n) is 7.90. The van der Waals surface area contributed by atoms with Gasteiger partial charge in [0.1, 0.15) is 0 Å². The summed E-state index contributed by atoms with van der Waals surface area (Å²) in [5.41, 5.74) is 11.4. The third kappa shape index (κ3) is 4.85. The molecule has 0 aliphatic carbocycles. The van der Waals surface area contributed by atoms with Crippen LogP contribution in [-0.4, -0.2) is 11.1 Å². The summed E-state index contributed by atoms with van der Waals surface area (Å²) in [5, 5.41) is 7.54. The normalized spacial score (nSPS) is 9.67. The zero-order chi connectivity index (χ0) is 11.3. The number of amidine groups is 1. The van der Waals surface area contributed by atoms with Crippen LogP contribution in [0.15, 0.2) is 33.7 Å². The Hall–Kier alpha value is -1.01. The first kappa shape index (κ1) is 12.1. The molecular weight excluding hydrogens is 276 g/mol. The van der Waals surface area contributed by atoms with Gasteiger partial charge in [-0.2, -0.15) is 4.99 Å². The van der Waals surface area contributed by atoms with E-state index in [9.17, 15) is 0 Å². The molecule has 0 atom stereocenters. The number of benzene rings is 1. The Morgan fingerprint density at radius 3 is 2.47 bits per heavy atom. The number of halogens is 1. The molecule has 0 unspecified atom stereocenters. The zero-order valence-corrected chi connectivity index (χ0v) is 10.3. The van der Waals surface area contributed by atoms with Gasteiger partial charge in [-0.1, -0.05) is 39.8 Å². The maximum Gasteiger partial charge on any atom is 0.193 e. The fraction of sp³-hybridized carbons (Fsp3) is 0.111. The molecule has 80 valence electrons. The summed E-state index contributed by atoms with van der Waals surface area (Å²) < 4.78 is 1.04. The number of aliphatic imine (C=N–C) groups is 1. The van der Waals surface area contributed by atoms with Crippen molar-refractivity contribution in [2.45, 2.75) is 5.75 Å². The van der Waals surface area contributed by atoms with Gasteiger partial charge in [0.05, 0.1) is 0 Å². The third-order valence-corrected chi connectivity index (χ3v) is 2.89. The van der Waals surface area contributed by atoms with Crippen LogP contribution in [0.5, 0.6) is 0 Å². The van der Waals surface area contributed by atoms with Crippen LogP contribution < -0.4 is 11.5 Å². The van der Waals surface area contributed by atoms with Gasteiger partial charge >= 0.3 is 0 Å². The van der Waals surface area contributed by atoms with Crippen molar-refractivity contribution in [3.8, 4) is 0 Å². The summed E-state index contributed by atoms with van der Waals surface area (Å²) >= 11 is 4.64. The van der Waals surface area contributed by atoms with Crippen molar-refractivity contribution >= 4 is 38.8 Å². The highest BCUT2D eigenvalue weighted by atomic mass is 79.9. The van der Waals surface area contributed by atoms with Crippen molar-refractivity contribution in [3.63, 3.8) is 0 Å². The maximum absolute atomic E-state index is 7.42. The molecule has 0 spiro atoms. The molecule has 0 saturated heterocycles. The highest BCUT2D eigenvalue weighted by Gasteiger charge is 1.98. The summed E-state index contributed by atoms with van der Waals surface area (Å²) in [6.45, 7) is 0. The molecular formula is C9H11BrN4S. The summed E-state index contributed by atoms with van der Waals surface area (Å²) in [4.78, 5) is 3.62. The Morgan fingerprint density at radius 1 is 1.33 bits per heavy atom. The van der Waals surface area contributed by atoms with E-state index in [-0.39, 0.29) is 11.1 Å². The van der Waals surface area contributed by atoms with E-state index in [4.69, 9.17) is 16.9 Å². The van der Waals surface area contributed by atoms with Crippen LogP contribution in [0.1, 0.15) is 5.56 Å². The van der Waals surface area contributed by atoms with E-state index in [0.29, 0.717) is 5.75 Å². The van der Waals surface area contributed by atoms with Gasteiger partial charge in [-0.25, -0.2) is 0 Å². The average molecular weight is 287 g/mol. The lowest BCUT2D eigenvalue weighted by molar-refractivity contribution is 1.40. The van der Waals surface area contributed by atoms with E-state index in [0.717, 1.165) is 10.0 Å². The molecule has 1 aromatic rings. The Labute approximate surface area is 101 Å². The monoisotopic (exact) mass is 286 g/mol. The molecule has 0 aliphatic rings. The Balaban J connectivity index is 2.47. The average Bonchev–Trinajstić information content (AvgIpc) is 2.16. The smallest absolute Gasteiger partial charge is 0.193 e. The van der Waals surface area contributed by atoms with Gasteiger partial charge in [0.2, 0.25) is 0 Å². The van der Waals surface area contributed by atoms with E-state index in [1.807, 2.05) is 24.3 Å². The van der Waals surface area contributed by atoms with Crippen molar-refractivity contribution in [3.05, 3.63) is 34.3 Å². The minimum absolute atomic E-state index is 0.0803. The van der Waals surface area contributed by atoms with Gasteiger partial charge in [-0.15, -0.1) is 0 Å². The molecule has 0 radical (unpaired) electrons. The van der Waals surface area contributed by atoms with Crippen LogP contribution in [-0.2, 0) is 5.75 Å². The lowest BCUT2D eigenvalue weighted by atomic mass is 10.2. The molecule has 4 nitrogen and oxygen atoms in total. The topological polar surface area (TPSA) is 88.2 Å². The highest BCUT2D eigenvalue weighted by Crippen LogP contribution is 2.16. The molecule has 0 heterocycles.